The molecule has 0 heterocycles. The standard InChI is InChI=1S/C17H25N3O6S/c1-11-6-7-12(2)13(8-11)27(24,25)18-9-15(22)26-10-14(21)19-16(23)20-17(3,4)5/h6-8,18H,9-10H2,1-5H3,(H2,19,20,21,23). The van der Waals surface area contributed by atoms with Crippen LogP contribution in [-0.4, -0.2) is 45.0 Å². The maximum absolute atomic E-state index is 12.3. The second kappa shape index (κ2) is 8.96. The van der Waals surface area contributed by atoms with Gasteiger partial charge in [-0.05, 0) is 51.8 Å². The molecule has 0 saturated carbocycles. The number of ether oxygens (including phenoxy) is 1. The van der Waals surface area contributed by atoms with Gasteiger partial charge < -0.3 is 10.1 Å². The summed E-state index contributed by atoms with van der Waals surface area (Å²) in [6, 6.07) is 4.20. The average molecular weight is 399 g/mol. The Bertz CT molecular complexity index is 828. The highest BCUT2D eigenvalue weighted by Gasteiger charge is 2.20. The molecule has 0 radical (unpaired) electrons. The van der Waals surface area contributed by atoms with Crippen LogP contribution in [0.4, 0.5) is 4.79 Å². The van der Waals surface area contributed by atoms with Gasteiger partial charge in [-0.3, -0.25) is 14.9 Å². The maximum Gasteiger partial charge on any atom is 0.321 e. The Kier molecular flexibility index (Phi) is 7.49. The number of nitrogens with one attached hydrogen (secondary N) is 3. The van der Waals surface area contributed by atoms with Crippen molar-refractivity contribution in [2.45, 2.75) is 45.1 Å². The summed E-state index contributed by atoms with van der Waals surface area (Å²) >= 11 is 0. The van der Waals surface area contributed by atoms with Crippen molar-refractivity contribution >= 4 is 27.9 Å². The molecule has 1 rings (SSSR count). The highest BCUT2D eigenvalue weighted by molar-refractivity contribution is 7.89. The van der Waals surface area contributed by atoms with Crippen molar-refractivity contribution in [3.63, 3.8) is 0 Å². The van der Waals surface area contributed by atoms with Crippen LogP contribution in [0.2, 0.25) is 0 Å². The number of hydrogen-bond donors (Lipinski definition) is 3. The third-order valence-corrected chi connectivity index (χ3v) is 4.69. The van der Waals surface area contributed by atoms with Crippen molar-refractivity contribution < 1.29 is 27.5 Å². The van der Waals surface area contributed by atoms with Crippen LogP contribution in [0, 0.1) is 13.8 Å². The first-order valence-electron chi connectivity index (χ1n) is 8.15. The summed E-state index contributed by atoms with van der Waals surface area (Å²) in [5.41, 5.74) is 0.757. The monoisotopic (exact) mass is 399 g/mol. The van der Waals surface area contributed by atoms with E-state index in [0.29, 0.717) is 5.56 Å². The molecule has 3 amide bonds. The van der Waals surface area contributed by atoms with Gasteiger partial charge in [0, 0.05) is 5.54 Å². The van der Waals surface area contributed by atoms with Crippen molar-refractivity contribution in [3.8, 4) is 0 Å². The number of imide groups is 1. The third kappa shape index (κ3) is 8.18. The van der Waals surface area contributed by atoms with Crippen LogP contribution in [0.3, 0.4) is 0 Å². The molecule has 0 bridgehead atoms. The van der Waals surface area contributed by atoms with E-state index >= 15 is 0 Å². The zero-order valence-electron chi connectivity index (χ0n) is 16.0. The van der Waals surface area contributed by atoms with E-state index in [0.717, 1.165) is 5.56 Å². The molecule has 0 aromatic heterocycles. The Morgan fingerprint density at radius 1 is 1.11 bits per heavy atom. The van der Waals surface area contributed by atoms with Crippen LogP contribution in [0.15, 0.2) is 23.1 Å². The number of aryl methyl sites for hydroxylation is 2. The lowest BCUT2D eigenvalue weighted by molar-refractivity contribution is -0.147. The summed E-state index contributed by atoms with van der Waals surface area (Å²) in [6.07, 6.45) is 0. The van der Waals surface area contributed by atoms with Crippen molar-refractivity contribution in [1.82, 2.24) is 15.4 Å². The molecule has 0 aliphatic rings. The fourth-order valence-corrected chi connectivity index (χ4v) is 3.26. The number of benzene rings is 1. The Balaban J connectivity index is 2.50. The van der Waals surface area contributed by atoms with Gasteiger partial charge in [-0.2, -0.15) is 4.72 Å². The highest BCUT2D eigenvalue weighted by atomic mass is 32.2. The number of amides is 3. The summed E-state index contributed by atoms with van der Waals surface area (Å²) in [5.74, 6) is -1.78. The molecular weight excluding hydrogens is 374 g/mol. The zero-order chi connectivity index (χ0) is 20.8. The first-order valence-corrected chi connectivity index (χ1v) is 9.63. The molecule has 0 spiro atoms. The van der Waals surface area contributed by atoms with E-state index in [2.05, 4.69) is 14.8 Å². The number of carbonyl (C=O) groups is 3. The van der Waals surface area contributed by atoms with Gasteiger partial charge in [0.2, 0.25) is 10.0 Å². The lowest BCUT2D eigenvalue weighted by Crippen LogP contribution is -2.49. The number of esters is 1. The molecule has 150 valence electrons. The third-order valence-electron chi connectivity index (χ3n) is 3.15. The Hall–Kier alpha value is -2.46. The fraction of sp³-hybridized carbons (Fsp3) is 0.471. The normalized spacial score (nSPS) is 11.6. The Labute approximate surface area is 158 Å². The molecule has 27 heavy (non-hydrogen) atoms. The fourth-order valence-electron chi connectivity index (χ4n) is 1.96. The van der Waals surface area contributed by atoms with Gasteiger partial charge in [-0.15, -0.1) is 0 Å². The quantitative estimate of drug-likeness (QED) is 0.605. The summed E-state index contributed by atoms with van der Waals surface area (Å²) in [5, 5.41) is 4.51. The molecule has 0 aliphatic carbocycles. The van der Waals surface area contributed by atoms with E-state index in [-0.39, 0.29) is 4.90 Å². The summed E-state index contributed by atoms with van der Waals surface area (Å²) in [4.78, 5) is 34.8. The maximum atomic E-state index is 12.3. The van der Waals surface area contributed by atoms with E-state index in [4.69, 9.17) is 0 Å². The number of urea groups is 1. The van der Waals surface area contributed by atoms with Crippen LogP contribution < -0.4 is 15.4 Å². The molecule has 9 nitrogen and oxygen atoms in total. The summed E-state index contributed by atoms with van der Waals surface area (Å²) in [7, 11) is -3.90. The van der Waals surface area contributed by atoms with Crippen molar-refractivity contribution in [2.75, 3.05) is 13.2 Å². The van der Waals surface area contributed by atoms with Crippen LogP contribution >= 0.6 is 0 Å². The smallest absolute Gasteiger partial charge is 0.321 e. The van der Waals surface area contributed by atoms with Gasteiger partial charge in [-0.1, -0.05) is 12.1 Å². The van der Waals surface area contributed by atoms with E-state index in [1.54, 1.807) is 46.8 Å². The molecule has 1 aromatic rings. The van der Waals surface area contributed by atoms with Gasteiger partial charge in [0.25, 0.3) is 5.91 Å². The predicted molar refractivity (Wildman–Crippen MR) is 98.5 cm³/mol. The summed E-state index contributed by atoms with van der Waals surface area (Å²) < 4.78 is 31.3. The van der Waals surface area contributed by atoms with E-state index < -0.39 is 46.6 Å². The molecule has 0 saturated heterocycles. The molecule has 0 fully saturated rings. The van der Waals surface area contributed by atoms with E-state index in [9.17, 15) is 22.8 Å². The number of carbonyl (C=O) groups excluding carboxylic acids is 3. The van der Waals surface area contributed by atoms with Gasteiger partial charge >= 0.3 is 12.0 Å². The highest BCUT2D eigenvalue weighted by Crippen LogP contribution is 2.16. The Morgan fingerprint density at radius 2 is 1.74 bits per heavy atom. The zero-order valence-corrected chi connectivity index (χ0v) is 16.8. The molecule has 10 heteroatoms. The van der Waals surface area contributed by atoms with Gasteiger partial charge in [0.05, 0.1) is 4.90 Å². The molecule has 0 unspecified atom stereocenters. The lowest BCUT2D eigenvalue weighted by Gasteiger charge is -2.20. The average Bonchev–Trinajstić information content (AvgIpc) is 2.51. The SMILES string of the molecule is Cc1ccc(C)c(S(=O)(=O)NCC(=O)OCC(=O)NC(=O)NC(C)(C)C)c1. The minimum Gasteiger partial charge on any atom is -0.455 e. The molecular formula is C17H25N3O6S. The first-order chi connectivity index (χ1) is 12.3. The van der Waals surface area contributed by atoms with Gasteiger partial charge in [0.15, 0.2) is 6.61 Å². The minimum atomic E-state index is -3.90. The van der Waals surface area contributed by atoms with Gasteiger partial charge in [0.1, 0.15) is 6.54 Å². The van der Waals surface area contributed by atoms with Crippen molar-refractivity contribution in [1.29, 1.82) is 0 Å². The number of rotatable bonds is 6. The molecule has 0 atom stereocenters. The second-order valence-electron chi connectivity index (χ2n) is 7.01. The largest absolute Gasteiger partial charge is 0.455 e. The number of hydrogen-bond acceptors (Lipinski definition) is 6. The second-order valence-corrected chi connectivity index (χ2v) is 8.74. The van der Waals surface area contributed by atoms with Crippen LogP contribution in [-0.2, 0) is 24.3 Å². The minimum absolute atomic E-state index is 0.0619. The van der Waals surface area contributed by atoms with E-state index in [1.807, 2.05) is 5.32 Å². The van der Waals surface area contributed by atoms with Gasteiger partial charge in [-0.25, -0.2) is 13.2 Å². The van der Waals surface area contributed by atoms with Crippen LogP contribution in [0.1, 0.15) is 31.9 Å². The van der Waals surface area contributed by atoms with Crippen molar-refractivity contribution in [2.24, 2.45) is 0 Å². The first kappa shape index (κ1) is 22.6. The van der Waals surface area contributed by atoms with Crippen molar-refractivity contribution in [3.05, 3.63) is 29.3 Å². The van der Waals surface area contributed by atoms with Crippen LogP contribution in [0.25, 0.3) is 0 Å². The number of sulfonamides is 1. The predicted octanol–water partition coefficient (Wildman–Crippen LogP) is 0.749. The Morgan fingerprint density at radius 3 is 2.33 bits per heavy atom. The molecule has 3 N–H and O–H groups in total. The topological polar surface area (TPSA) is 131 Å². The molecule has 1 aromatic carbocycles. The van der Waals surface area contributed by atoms with E-state index in [1.165, 1.54) is 6.07 Å². The van der Waals surface area contributed by atoms with Crippen LogP contribution in [0.5, 0.6) is 0 Å². The molecule has 0 aliphatic heterocycles. The lowest BCUT2D eigenvalue weighted by atomic mass is 10.1. The summed E-state index contributed by atoms with van der Waals surface area (Å²) in [6.45, 7) is 7.25.